The summed E-state index contributed by atoms with van der Waals surface area (Å²) in [6.07, 6.45) is 0. The molecular formula is C13H16N4O2. The number of aromatic nitrogens is 3. The second kappa shape index (κ2) is 5.99. The molecule has 6 nitrogen and oxygen atoms in total. The molecule has 0 atom stereocenters. The molecular weight excluding hydrogens is 244 g/mol. The van der Waals surface area contributed by atoms with Gasteiger partial charge in [-0.05, 0) is 26.0 Å². The van der Waals surface area contributed by atoms with Crippen LogP contribution in [-0.2, 0) is 0 Å². The molecule has 0 bridgehead atoms. The van der Waals surface area contributed by atoms with Crippen LogP contribution in [0.1, 0.15) is 13.8 Å². The van der Waals surface area contributed by atoms with Crippen LogP contribution in [0.4, 0.5) is 5.95 Å². The monoisotopic (exact) mass is 260 g/mol. The zero-order valence-corrected chi connectivity index (χ0v) is 11.0. The third-order valence-corrected chi connectivity index (χ3v) is 2.31. The molecule has 2 aromatic rings. The normalized spacial score (nSPS) is 10.2. The van der Waals surface area contributed by atoms with Gasteiger partial charge in [-0.3, -0.25) is 0 Å². The predicted molar refractivity (Wildman–Crippen MR) is 72.0 cm³/mol. The molecule has 0 radical (unpaired) electrons. The van der Waals surface area contributed by atoms with Gasteiger partial charge in [0.25, 0.3) is 0 Å². The number of hydrogen-bond acceptors (Lipinski definition) is 6. The number of benzene rings is 1. The SMILES string of the molecule is CCOc1cccc(-c2nc(N)nc(OCC)n2)c1. The van der Waals surface area contributed by atoms with Gasteiger partial charge in [-0.1, -0.05) is 12.1 Å². The van der Waals surface area contributed by atoms with E-state index in [2.05, 4.69) is 15.0 Å². The van der Waals surface area contributed by atoms with E-state index in [4.69, 9.17) is 15.2 Å². The van der Waals surface area contributed by atoms with Crippen molar-refractivity contribution < 1.29 is 9.47 Å². The molecule has 0 spiro atoms. The molecule has 6 heteroatoms. The van der Waals surface area contributed by atoms with Crippen LogP contribution in [0.2, 0.25) is 0 Å². The molecule has 0 aliphatic carbocycles. The first kappa shape index (κ1) is 13.1. The van der Waals surface area contributed by atoms with E-state index in [1.165, 1.54) is 0 Å². The lowest BCUT2D eigenvalue weighted by Crippen LogP contribution is -2.04. The van der Waals surface area contributed by atoms with Crippen LogP contribution in [0, 0.1) is 0 Å². The molecule has 0 aliphatic rings. The standard InChI is InChI=1S/C13H16N4O2/c1-3-18-10-7-5-6-9(8-10)11-15-12(14)17-13(16-11)19-4-2/h5-8H,3-4H2,1-2H3,(H2,14,15,16,17). The molecule has 0 aliphatic heterocycles. The zero-order chi connectivity index (χ0) is 13.7. The molecule has 2 rings (SSSR count). The van der Waals surface area contributed by atoms with Gasteiger partial charge in [0.05, 0.1) is 13.2 Å². The molecule has 0 saturated heterocycles. The Morgan fingerprint density at radius 1 is 1.05 bits per heavy atom. The number of nitrogens with zero attached hydrogens (tertiary/aromatic N) is 3. The van der Waals surface area contributed by atoms with E-state index in [1.54, 1.807) is 0 Å². The average molecular weight is 260 g/mol. The summed E-state index contributed by atoms with van der Waals surface area (Å²) in [6.45, 7) is 4.87. The van der Waals surface area contributed by atoms with E-state index in [0.29, 0.717) is 19.0 Å². The van der Waals surface area contributed by atoms with E-state index in [-0.39, 0.29) is 12.0 Å². The predicted octanol–water partition coefficient (Wildman–Crippen LogP) is 1.92. The van der Waals surface area contributed by atoms with Crippen LogP contribution < -0.4 is 15.2 Å². The Labute approximate surface area is 111 Å². The fourth-order valence-electron chi connectivity index (χ4n) is 1.59. The summed E-state index contributed by atoms with van der Waals surface area (Å²) in [6, 6.07) is 7.72. The summed E-state index contributed by atoms with van der Waals surface area (Å²) in [5.74, 6) is 1.37. The average Bonchev–Trinajstić information content (AvgIpc) is 2.39. The first-order valence-corrected chi connectivity index (χ1v) is 6.10. The van der Waals surface area contributed by atoms with Crippen LogP contribution in [0.25, 0.3) is 11.4 Å². The van der Waals surface area contributed by atoms with Gasteiger partial charge in [0.2, 0.25) is 5.95 Å². The van der Waals surface area contributed by atoms with Gasteiger partial charge in [0.1, 0.15) is 5.75 Å². The van der Waals surface area contributed by atoms with Gasteiger partial charge in [-0.25, -0.2) is 0 Å². The van der Waals surface area contributed by atoms with E-state index >= 15 is 0 Å². The number of nitrogens with two attached hydrogens (primary N) is 1. The molecule has 19 heavy (non-hydrogen) atoms. The molecule has 1 heterocycles. The largest absolute Gasteiger partial charge is 0.494 e. The van der Waals surface area contributed by atoms with Gasteiger partial charge in [0, 0.05) is 5.56 Å². The quantitative estimate of drug-likeness (QED) is 0.884. The van der Waals surface area contributed by atoms with Crippen LogP contribution in [0.3, 0.4) is 0 Å². The number of hydrogen-bond donors (Lipinski definition) is 1. The Kier molecular flexibility index (Phi) is 4.12. The maximum Gasteiger partial charge on any atom is 0.321 e. The number of ether oxygens (including phenoxy) is 2. The summed E-state index contributed by atoms with van der Waals surface area (Å²) in [5.41, 5.74) is 6.46. The highest BCUT2D eigenvalue weighted by Crippen LogP contribution is 2.22. The van der Waals surface area contributed by atoms with Crippen LogP contribution in [0.5, 0.6) is 11.8 Å². The van der Waals surface area contributed by atoms with Crippen molar-refractivity contribution in [1.29, 1.82) is 0 Å². The summed E-state index contributed by atoms with van der Waals surface area (Å²) in [4.78, 5) is 12.2. The van der Waals surface area contributed by atoms with Gasteiger partial charge in [0.15, 0.2) is 5.82 Å². The second-order valence-corrected chi connectivity index (χ2v) is 3.69. The summed E-state index contributed by atoms with van der Waals surface area (Å²) in [7, 11) is 0. The Morgan fingerprint density at radius 3 is 2.58 bits per heavy atom. The minimum absolute atomic E-state index is 0.135. The van der Waals surface area contributed by atoms with Gasteiger partial charge < -0.3 is 15.2 Å². The summed E-state index contributed by atoms with van der Waals surface area (Å²) in [5, 5.41) is 0. The molecule has 0 fully saturated rings. The Balaban J connectivity index is 2.37. The van der Waals surface area contributed by atoms with Crippen molar-refractivity contribution in [1.82, 2.24) is 15.0 Å². The Morgan fingerprint density at radius 2 is 1.84 bits per heavy atom. The zero-order valence-electron chi connectivity index (χ0n) is 11.0. The topological polar surface area (TPSA) is 83.2 Å². The number of nitrogen functional groups attached to an aromatic ring is 1. The molecule has 1 aromatic carbocycles. The van der Waals surface area contributed by atoms with Gasteiger partial charge >= 0.3 is 6.01 Å². The van der Waals surface area contributed by atoms with Crippen LogP contribution >= 0.6 is 0 Å². The lowest BCUT2D eigenvalue weighted by molar-refractivity contribution is 0.312. The Bertz CT molecular complexity index is 560. The highest BCUT2D eigenvalue weighted by molar-refractivity contribution is 5.58. The maximum atomic E-state index is 5.65. The fraction of sp³-hybridized carbons (Fsp3) is 0.308. The van der Waals surface area contributed by atoms with Crippen molar-refractivity contribution in [3.05, 3.63) is 24.3 Å². The molecule has 1 aromatic heterocycles. The minimum atomic E-state index is 0.135. The lowest BCUT2D eigenvalue weighted by atomic mass is 10.2. The highest BCUT2D eigenvalue weighted by atomic mass is 16.5. The van der Waals surface area contributed by atoms with Crippen molar-refractivity contribution in [2.45, 2.75) is 13.8 Å². The summed E-state index contributed by atoms with van der Waals surface area (Å²) < 4.78 is 10.7. The summed E-state index contributed by atoms with van der Waals surface area (Å²) >= 11 is 0. The number of anilines is 1. The molecule has 2 N–H and O–H groups in total. The van der Waals surface area contributed by atoms with Gasteiger partial charge in [-0.15, -0.1) is 0 Å². The lowest BCUT2D eigenvalue weighted by Gasteiger charge is -2.07. The van der Waals surface area contributed by atoms with E-state index in [1.807, 2.05) is 38.1 Å². The molecule has 100 valence electrons. The van der Waals surface area contributed by atoms with Gasteiger partial charge in [-0.2, -0.15) is 15.0 Å². The minimum Gasteiger partial charge on any atom is -0.494 e. The molecule has 0 unspecified atom stereocenters. The van der Waals surface area contributed by atoms with Crippen molar-refractivity contribution in [2.75, 3.05) is 18.9 Å². The van der Waals surface area contributed by atoms with Crippen molar-refractivity contribution in [2.24, 2.45) is 0 Å². The first-order valence-electron chi connectivity index (χ1n) is 6.10. The fourth-order valence-corrected chi connectivity index (χ4v) is 1.59. The second-order valence-electron chi connectivity index (χ2n) is 3.69. The van der Waals surface area contributed by atoms with E-state index in [9.17, 15) is 0 Å². The third kappa shape index (κ3) is 3.31. The first-order chi connectivity index (χ1) is 9.22. The molecule has 0 saturated carbocycles. The van der Waals surface area contributed by atoms with Crippen molar-refractivity contribution in [3.8, 4) is 23.1 Å². The third-order valence-electron chi connectivity index (χ3n) is 2.31. The smallest absolute Gasteiger partial charge is 0.321 e. The van der Waals surface area contributed by atoms with E-state index < -0.39 is 0 Å². The Hall–Kier alpha value is -2.37. The van der Waals surface area contributed by atoms with E-state index in [0.717, 1.165) is 11.3 Å². The van der Waals surface area contributed by atoms with Crippen molar-refractivity contribution in [3.63, 3.8) is 0 Å². The molecule has 0 amide bonds. The van der Waals surface area contributed by atoms with Crippen molar-refractivity contribution >= 4 is 5.95 Å². The van der Waals surface area contributed by atoms with Crippen LogP contribution in [0.15, 0.2) is 24.3 Å². The highest BCUT2D eigenvalue weighted by Gasteiger charge is 2.08. The maximum absolute atomic E-state index is 5.65. The number of rotatable bonds is 5. The van der Waals surface area contributed by atoms with Crippen LogP contribution in [-0.4, -0.2) is 28.2 Å².